The highest BCUT2D eigenvalue weighted by Crippen LogP contribution is 2.23. The van der Waals surface area contributed by atoms with Crippen molar-refractivity contribution < 1.29 is 22.3 Å². The third-order valence-corrected chi connectivity index (χ3v) is 1.75. The summed E-state index contributed by atoms with van der Waals surface area (Å²) >= 11 is 0. The number of halogens is 4. The molecule has 16 heavy (non-hydrogen) atoms. The van der Waals surface area contributed by atoms with Crippen LogP contribution >= 0.6 is 0 Å². The summed E-state index contributed by atoms with van der Waals surface area (Å²) in [5.74, 6) is -3.68. The molecule has 0 saturated heterocycles. The highest BCUT2D eigenvalue weighted by atomic mass is 19.3. The van der Waals surface area contributed by atoms with Gasteiger partial charge in [-0.2, -0.15) is 8.78 Å². The average Bonchev–Trinajstić information content (AvgIpc) is 2.27. The molecule has 0 aliphatic carbocycles. The van der Waals surface area contributed by atoms with Crippen LogP contribution in [0.4, 0.5) is 23.2 Å². The molecule has 0 heterocycles. The molecule has 1 aromatic rings. The summed E-state index contributed by atoms with van der Waals surface area (Å²) in [6, 6.07) is 5.76. The van der Waals surface area contributed by atoms with Crippen molar-refractivity contribution >= 4 is 11.9 Å². The van der Waals surface area contributed by atoms with Crippen LogP contribution in [0.15, 0.2) is 29.3 Å². The van der Waals surface area contributed by atoms with Crippen molar-refractivity contribution in [3.8, 4) is 5.75 Å². The van der Waals surface area contributed by atoms with E-state index in [9.17, 15) is 17.6 Å². The van der Waals surface area contributed by atoms with Gasteiger partial charge in [0, 0.05) is 0 Å². The Hall–Kier alpha value is -1.59. The maximum Gasteiger partial charge on any atom is 0.342 e. The molecule has 0 radical (unpaired) electrons. The Morgan fingerprint density at radius 2 is 1.81 bits per heavy atom. The van der Waals surface area contributed by atoms with E-state index in [1.54, 1.807) is 0 Å². The van der Waals surface area contributed by atoms with Gasteiger partial charge in [0.25, 0.3) is 0 Å². The van der Waals surface area contributed by atoms with Gasteiger partial charge in [-0.25, -0.2) is 8.78 Å². The third kappa shape index (κ3) is 3.22. The second-order valence-electron chi connectivity index (χ2n) is 2.93. The molecule has 0 aromatic heterocycles. The Bertz CT molecular complexity index is 362. The topological polar surface area (TPSA) is 21.6 Å². The van der Waals surface area contributed by atoms with Crippen LogP contribution in [-0.2, 0) is 0 Å². The summed E-state index contributed by atoms with van der Waals surface area (Å²) in [7, 11) is 1.45. The monoisotopic (exact) mass is 235 g/mol. The minimum Gasteiger partial charge on any atom is -0.497 e. The number of benzene rings is 1. The standard InChI is InChI=1S/C10H9F4NO/c1-16-8-4-2-7(3-5-8)15-6-10(13,14)9(11)12/h2-6,9H,1H3. The van der Waals surface area contributed by atoms with E-state index in [4.69, 9.17) is 4.74 Å². The predicted molar refractivity (Wildman–Crippen MR) is 52.1 cm³/mol. The zero-order valence-corrected chi connectivity index (χ0v) is 8.33. The van der Waals surface area contributed by atoms with E-state index < -0.39 is 12.3 Å². The van der Waals surface area contributed by atoms with Gasteiger partial charge in [-0.15, -0.1) is 0 Å². The maximum atomic E-state index is 12.5. The van der Waals surface area contributed by atoms with Crippen molar-refractivity contribution in [1.29, 1.82) is 0 Å². The number of hydrogen-bond acceptors (Lipinski definition) is 2. The number of alkyl halides is 4. The van der Waals surface area contributed by atoms with Crippen molar-refractivity contribution in [2.24, 2.45) is 4.99 Å². The van der Waals surface area contributed by atoms with E-state index in [1.165, 1.54) is 31.4 Å². The number of rotatable bonds is 4. The Balaban J connectivity index is 2.76. The minimum absolute atomic E-state index is 0.0561. The van der Waals surface area contributed by atoms with Gasteiger partial charge in [0.15, 0.2) is 0 Å². The number of methoxy groups -OCH3 is 1. The van der Waals surface area contributed by atoms with Crippen LogP contribution in [0.1, 0.15) is 0 Å². The summed E-state index contributed by atoms with van der Waals surface area (Å²) in [6.45, 7) is 0. The van der Waals surface area contributed by atoms with Crippen LogP contribution in [0.5, 0.6) is 5.75 Å². The zero-order valence-electron chi connectivity index (χ0n) is 8.33. The lowest BCUT2D eigenvalue weighted by atomic mass is 10.3. The molecule has 0 N–H and O–H groups in total. The molecule has 0 amide bonds. The number of hydrogen-bond donors (Lipinski definition) is 0. The molecule has 0 aliphatic heterocycles. The SMILES string of the molecule is COc1ccc(N=CC(F)(F)C(F)F)cc1. The van der Waals surface area contributed by atoms with E-state index in [2.05, 4.69) is 4.99 Å². The van der Waals surface area contributed by atoms with Gasteiger partial charge in [-0.3, -0.25) is 4.99 Å². The van der Waals surface area contributed by atoms with Gasteiger partial charge in [-0.1, -0.05) is 0 Å². The molecule has 1 aromatic carbocycles. The average molecular weight is 235 g/mol. The first kappa shape index (κ1) is 12.5. The molecule has 0 atom stereocenters. The zero-order chi connectivity index (χ0) is 12.2. The van der Waals surface area contributed by atoms with E-state index in [0.29, 0.717) is 5.75 Å². The molecule has 88 valence electrons. The Morgan fingerprint density at radius 3 is 2.25 bits per heavy atom. The van der Waals surface area contributed by atoms with Crippen molar-refractivity contribution in [3.05, 3.63) is 24.3 Å². The van der Waals surface area contributed by atoms with Gasteiger partial charge in [-0.05, 0) is 24.3 Å². The van der Waals surface area contributed by atoms with Gasteiger partial charge in [0.2, 0.25) is 0 Å². The van der Waals surface area contributed by atoms with Crippen molar-refractivity contribution in [2.45, 2.75) is 12.3 Å². The summed E-state index contributed by atoms with van der Waals surface area (Å²) in [4.78, 5) is 3.26. The molecular formula is C10H9F4NO. The van der Waals surface area contributed by atoms with Crippen LogP contribution in [0, 0.1) is 0 Å². The molecule has 0 aliphatic rings. The van der Waals surface area contributed by atoms with Gasteiger partial charge >= 0.3 is 12.3 Å². The first-order valence-corrected chi connectivity index (χ1v) is 4.31. The van der Waals surface area contributed by atoms with E-state index in [1.807, 2.05) is 0 Å². The smallest absolute Gasteiger partial charge is 0.342 e. The molecule has 0 bridgehead atoms. The fraction of sp³-hybridized carbons (Fsp3) is 0.300. The minimum atomic E-state index is -4.21. The molecular weight excluding hydrogens is 226 g/mol. The van der Waals surface area contributed by atoms with Crippen molar-refractivity contribution in [1.82, 2.24) is 0 Å². The summed E-state index contributed by atoms with van der Waals surface area (Å²) < 4.78 is 53.3. The number of aliphatic imine (C=N–C) groups is 1. The lowest BCUT2D eigenvalue weighted by Gasteiger charge is -2.08. The van der Waals surface area contributed by atoms with Crippen LogP contribution in [0.3, 0.4) is 0 Å². The molecule has 1 rings (SSSR count). The predicted octanol–water partition coefficient (Wildman–Crippen LogP) is 3.30. The second-order valence-corrected chi connectivity index (χ2v) is 2.93. The highest BCUT2D eigenvalue weighted by molar-refractivity contribution is 5.70. The molecule has 6 heteroatoms. The lowest BCUT2D eigenvalue weighted by Crippen LogP contribution is -2.27. The van der Waals surface area contributed by atoms with E-state index in [-0.39, 0.29) is 11.9 Å². The summed E-state index contributed by atoms with van der Waals surface area (Å²) in [5.41, 5.74) is 0.154. The summed E-state index contributed by atoms with van der Waals surface area (Å²) in [6.07, 6.45) is -3.81. The van der Waals surface area contributed by atoms with Gasteiger partial charge in [0.05, 0.1) is 19.0 Å². The van der Waals surface area contributed by atoms with Crippen LogP contribution < -0.4 is 4.74 Å². The Morgan fingerprint density at radius 1 is 1.25 bits per heavy atom. The fourth-order valence-electron chi connectivity index (χ4n) is 0.885. The van der Waals surface area contributed by atoms with Gasteiger partial charge < -0.3 is 4.74 Å². The Labute approximate surface area is 89.6 Å². The molecule has 0 unspecified atom stereocenters. The normalized spacial score (nSPS) is 12.4. The van der Waals surface area contributed by atoms with Crippen LogP contribution in [0.2, 0.25) is 0 Å². The van der Waals surface area contributed by atoms with Crippen molar-refractivity contribution in [2.75, 3.05) is 7.11 Å². The first-order valence-electron chi connectivity index (χ1n) is 4.31. The first-order chi connectivity index (χ1) is 7.45. The maximum absolute atomic E-state index is 12.5. The number of ether oxygens (including phenoxy) is 1. The molecule has 0 fully saturated rings. The van der Waals surface area contributed by atoms with Crippen LogP contribution in [-0.4, -0.2) is 25.7 Å². The van der Waals surface area contributed by atoms with E-state index >= 15 is 0 Å². The summed E-state index contributed by atoms with van der Waals surface area (Å²) in [5, 5.41) is 0. The Kier molecular flexibility index (Phi) is 3.87. The molecule has 2 nitrogen and oxygen atoms in total. The molecule has 0 saturated carbocycles. The largest absolute Gasteiger partial charge is 0.497 e. The highest BCUT2D eigenvalue weighted by Gasteiger charge is 2.38. The molecule has 0 spiro atoms. The van der Waals surface area contributed by atoms with Crippen LogP contribution in [0.25, 0.3) is 0 Å². The lowest BCUT2D eigenvalue weighted by molar-refractivity contribution is -0.0712. The third-order valence-electron chi connectivity index (χ3n) is 1.75. The van der Waals surface area contributed by atoms with E-state index in [0.717, 1.165) is 0 Å². The van der Waals surface area contributed by atoms with Crippen molar-refractivity contribution in [3.63, 3.8) is 0 Å². The number of nitrogens with zero attached hydrogens (tertiary/aromatic N) is 1. The fourth-order valence-corrected chi connectivity index (χ4v) is 0.885. The second kappa shape index (κ2) is 4.96. The quantitative estimate of drug-likeness (QED) is 0.579. The van der Waals surface area contributed by atoms with Gasteiger partial charge in [0.1, 0.15) is 5.75 Å².